The summed E-state index contributed by atoms with van der Waals surface area (Å²) in [5, 5.41) is 0. The highest BCUT2D eigenvalue weighted by Crippen LogP contribution is 2.43. The third kappa shape index (κ3) is 3.36. The predicted octanol–water partition coefficient (Wildman–Crippen LogP) is 3.36. The first-order chi connectivity index (χ1) is 10.6. The number of nitrogens with two attached hydrogens (primary N) is 1. The van der Waals surface area contributed by atoms with Crippen LogP contribution in [0.25, 0.3) is 0 Å². The van der Waals surface area contributed by atoms with Gasteiger partial charge < -0.3 is 15.2 Å². The number of benzene rings is 2. The zero-order valence-corrected chi connectivity index (χ0v) is 11.9. The van der Waals surface area contributed by atoms with Crippen LogP contribution < -0.4 is 10.5 Å². The van der Waals surface area contributed by atoms with Crippen LogP contribution in [0.15, 0.2) is 48.5 Å². The van der Waals surface area contributed by atoms with E-state index >= 15 is 0 Å². The van der Waals surface area contributed by atoms with Gasteiger partial charge >= 0.3 is 6.09 Å². The lowest BCUT2D eigenvalue weighted by atomic mass is 10.1. The molecule has 114 valence electrons. The number of halogens is 1. The van der Waals surface area contributed by atoms with Gasteiger partial charge in [0, 0.05) is 11.5 Å². The fourth-order valence-electron chi connectivity index (χ4n) is 2.39. The average molecular weight is 301 g/mol. The maximum atomic E-state index is 13.5. The molecule has 0 saturated heterocycles. The van der Waals surface area contributed by atoms with Gasteiger partial charge in [-0.15, -0.1) is 0 Å². The number of carbonyl (C=O) groups is 1. The largest absolute Gasteiger partial charge is 0.489 e. The Kier molecular flexibility index (Phi) is 3.96. The summed E-state index contributed by atoms with van der Waals surface area (Å²) in [6.45, 7) is 0.183. The highest BCUT2D eigenvalue weighted by atomic mass is 19.1. The molecule has 0 aromatic heterocycles. The summed E-state index contributed by atoms with van der Waals surface area (Å²) in [4.78, 5) is 10.7. The Bertz CT molecular complexity index is 672. The van der Waals surface area contributed by atoms with Gasteiger partial charge in [0.15, 0.2) is 0 Å². The lowest BCUT2D eigenvalue weighted by Crippen LogP contribution is -2.14. The van der Waals surface area contributed by atoms with E-state index < -0.39 is 6.09 Å². The molecule has 1 fully saturated rings. The molecule has 3 rings (SSSR count). The number of primary amides is 1. The molecule has 0 radical (unpaired) electrons. The van der Waals surface area contributed by atoms with Gasteiger partial charge in [-0.25, -0.2) is 9.18 Å². The number of rotatable bonds is 5. The third-order valence-corrected chi connectivity index (χ3v) is 3.66. The molecular formula is C17H16FNO3. The number of hydrogen-bond donors (Lipinski definition) is 1. The Morgan fingerprint density at radius 2 is 1.91 bits per heavy atom. The van der Waals surface area contributed by atoms with Crippen molar-refractivity contribution < 1.29 is 18.7 Å². The quantitative estimate of drug-likeness (QED) is 0.921. The van der Waals surface area contributed by atoms with E-state index in [-0.39, 0.29) is 24.4 Å². The van der Waals surface area contributed by atoms with Gasteiger partial charge in [-0.3, -0.25) is 0 Å². The van der Waals surface area contributed by atoms with Crippen LogP contribution in [0.5, 0.6) is 5.75 Å². The number of hydrogen-bond acceptors (Lipinski definition) is 3. The van der Waals surface area contributed by atoms with Gasteiger partial charge in [0.1, 0.15) is 24.3 Å². The molecule has 1 saturated carbocycles. The van der Waals surface area contributed by atoms with Gasteiger partial charge in [0.05, 0.1) is 0 Å². The van der Waals surface area contributed by atoms with Gasteiger partial charge in [-0.2, -0.15) is 0 Å². The number of ether oxygens (including phenoxy) is 2. The van der Waals surface area contributed by atoms with Crippen molar-refractivity contribution in [2.45, 2.75) is 25.0 Å². The standard InChI is InChI=1S/C17H16FNO3/c18-15-4-2-1-3-12(15)10-21-13-7-5-11(6-8-13)14-9-16(14)22-17(19)20/h1-8,14,16H,9-10H2,(H2,19,20)/t14-,16+/m0/s1. The second kappa shape index (κ2) is 6.05. The molecule has 2 aromatic carbocycles. The van der Waals surface area contributed by atoms with Crippen molar-refractivity contribution in [3.05, 3.63) is 65.5 Å². The van der Waals surface area contributed by atoms with Gasteiger partial charge in [0.25, 0.3) is 0 Å². The fourth-order valence-corrected chi connectivity index (χ4v) is 2.39. The molecule has 4 nitrogen and oxygen atoms in total. The van der Waals surface area contributed by atoms with Gasteiger partial charge in [0.2, 0.25) is 0 Å². The number of amides is 1. The third-order valence-electron chi connectivity index (χ3n) is 3.66. The molecule has 0 bridgehead atoms. The molecule has 22 heavy (non-hydrogen) atoms. The van der Waals surface area contributed by atoms with Crippen LogP contribution in [0.2, 0.25) is 0 Å². The molecular weight excluding hydrogens is 285 g/mol. The van der Waals surface area contributed by atoms with E-state index in [0.717, 1.165) is 12.0 Å². The SMILES string of the molecule is NC(=O)O[C@@H]1C[C@H]1c1ccc(OCc2ccccc2F)cc1. The van der Waals surface area contributed by atoms with Crippen molar-refractivity contribution >= 4 is 6.09 Å². The molecule has 5 heteroatoms. The smallest absolute Gasteiger partial charge is 0.404 e. The summed E-state index contributed by atoms with van der Waals surface area (Å²) in [6.07, 6.45) is -0.0710. The predicted molar refractivity (Wildman–Crippen MR) is 79.0 cm³/mol. The molecule has 1 aliphatic carbocycles. The van der Waals surface area contributed by atoms with E-state index in [0.29, 0.717) is 11.3 Å². The van der Waals surface area contributed by atoms with Gasteiger partial charge in [-0.05, 0) is 30.2 Å². The molecule has 0 spiro atoms. The minimum Gasteiger partial charge on any atom is -0.489 e. The van der Waals surface area contributed by atoms with Crippen molar-refractivity contribution in [2.24, 2.45) is 5.73 Å². The Morgan fingerprint density at radius 1 is 1.18 bits per heavy atom. The second-order valence-corrected chi connectivity index (χ2v) is 5.27. The van der Waals surface area contributed by atoms with Crippen molar-refractivity contribution in [2.75, 3.05) is 0 Å². The molecule has 2 atom stereocenters. The van der Waals surface area contributed by atoms with Crippen LogP contribution in [0.4, 0.5) is 9.18 Å². The zero-order valence-electron chi connectivity index (χ0n) is 11.9. The van der Waals surface area contributed by atoms with E-state index in [1.54, 1.807) is 18.2 Å². The van der Waals surface area contributed by atoms with E-state index in [1.807, 2.05) is 24.3 Å². The van der Waals surface area contributed by atoms with Crippen LogP contribution >= 0.6 is 0 Å². The lowest BCUT2D eigenvalue weighted by Gasteiger charge is -2.08. The van der Waals surface area contributed by atoms with Crippen molar-refractivity contribution in [1.82, 2.24) is 0 Å². The summed E-state index contributed by atoms with van der Waals surface area (Å²) >= 11 is 0. The van der Waals surface area contributed by atoms with E-state index in [1.165, 1.54) is 6.07 Å². The fraction of sp³-hybridized carbons (Fsp3) is 0.235. The summed E-state index contributed by atoms with van der Waals surface area (Å²) in [6, 6.07) is 14.0. The van der Waals surface area contributed by atoms with Crippen molar-refractivity contribution in [1.29, 1.82) is 0 Å². The first kappa shape index (κ1) is 14.4. The Balaban J connectivity index is 1.56. The molecule has 0 heterocycles. The minimum absolute atomic E-state index is 0.123. The molecule has 2 aromatic rings. The van der Waals surface area contributed by atoms with E-state index in [9.17, 15) is 9.18 Å². The number of carbonyl (C=O) groups excluding carboxylic acids is 1. The Morgan fingerprint density at radius 3 is 2.59 bits per heavy atom. The highest BCUT2D eigenvalue weighted by molar-refractivity contribution is 5.65. The normalized spacial score (nSPS) is 19.5. The van der Waals surface area contributed by atoms with E-state index in [4.69, 9.17) is 15.2 Å². The molecule has 0 unspecified atom stereocenters. The summed E-state index contributed by atoms with van der Waals surface area (Å²) in [7, 11) is 0. The maximum Gasteiger partial charge on any atom is 0.404 e. The maximum absolute atomic E-state index is 13.5. The first-order valence-electron chi connectivity index (χ1n) is 7.06. The zero-order chi connectivity index (χ0) is 15.5. The lowest BCUT2D eigenvalue weighted by molar-refractivity contribution is 0.147. The van der Waals surface area contributed by atoms with E-state index in [2.05, 4.69) is 0 Å². The van der Waals surface area contributed by atoms with Crippen LogP contribution in [-0.4, -0.2) is 12.2 Å². The highest BCUT2D eigenvalue weighted by Gasteiger charge is 2.41. The monoisotopic (exact) mass is 301 g/mol. The topological polar surface area (TPSA) is 61.6 Å². The molecule has 0 aliphatic heterocycles. The average Bonchev–Trinajstić information content (AvgIpc) is 3.25. The van der Waals surface area contributed by atoms with Crippen LogP contribution in [0, 0.1) is 5.82 Å². The van der Waals surface area contributed by atoms with Crippen LogP contribution in [-0.2, 0) is 11.3 Å². The van der Waals surface area contributed by atoms with Crippen LogP contribution in [0.3, 0.4) is 0 Å². The Labute approximate surface area is 127 Å². The summed E-state index contributed by atoms with van der Waals surface area (Å²) < 4.78 is 24.0. The van der Waals surface area contributed by atoms with Crippen LogP contribution in [0.1, 0.15) is 23.5 Å². The Hall–Kier alpha value is -2.56. The second-order valence-electron chi connectivity index (χ2n) is 5.27. The van der Waals surface area contributed by atoms with Crippen molar-refractivity contribution in [3.63, 3.8) is 0 Å². The molecule has 2 N–H and O–H groups in total. The first-order valence-corrected chi connectivity index (χ1v) is 7.06. The summed E-state index contributed by atoms with van der Waals surface area (Å²) in [5.41, 5.74) is 6.58. The van der Waals surface area contributed by atoms with Crippen molar-refractivity contribution in [3.8, 4) is 5.75 Å². The molecule has 1 amide bonds. The van der Waals surface area contributed by atoms with Gasteiger partial charge in [-0.1, -0.05) is 30.3 Å². The summed E-state index contributed by atoms with van der Waals surface area (Å²) in [5.74, 6) is 0.594. The molecule has 1 aliphatic rings. The minimum atomic E-state index is -0.739.